The molecule has 0 amide bonds. The second-order valence-electron chi connectivity index (χ2n) is 3.38. The second kappa shape index (κ2) is 3.74. The molecule has 6 nitrogen and oxygen atoms in total. The van der Waals surface area contributed by atoms with E-state index in [9.17, 15) is 8.42 Å². The molecular weight excluding hydrogens is 218 g/mol. The van der Waals surface area contributed by atoms with E-state index in [1.165, 1.54) is 5.41 Å². The van der Waals surface area contributed by atoms with E-state index >= 15 is 0 Å². The minimum absolute atomic E-state index is 0.101. The van der Waals surface area contributed by atoms with Gasteiger partial charge in [-0.1, -0.05) is 11.2 Å². The summed E-state index contributed by atoms with van der Waals surface area (Å²) in [6, 6.07) is -0.159. The molecule has 0 spiro atoms. The highest BCUT2D eigenvalue weighted by molar-refractivity contribution is 7.94. The van der Waals surface area contributed by atoms with Gasteiger partial charge in [0.15, 0.2) is 15.7 Å². The van der Waals surface area contributed by atoms with Crippen molar-refractivity contribution in [1.29, 1.82) is 0 Å². The molecule has 15 heavy (non-hydrogen) atoms. The molecule has 1 aliphatic heterocycles. The number of aromatic nitrogens is 2. The molecule has 2 heterocycles. The van der Waals surface area contributed by atoms with Gasteiger partial charge in [0.2, 0.25) is 5.89 Å². The van der Waals surface area contributed by atoms with E-state index in [4.69, 9.17) is 4.52 Å². The lowest BCUT2D eigenvalue weighted by Crippen LogP contribution is -2.29. The maximum absolute atomic E-state index is 11.1. The maximum Gasteiger partial charge on any atom is 0.223 e. The third-order valence-electron chi connectivity index (χ3n) is 2.02. The molecule has 7 heteroatoms. The number of rotatable bonds is 3. The molecule has 0 saturated carbocycles. The summed E-state index contributed by atoms with van der Waals surface area (Å²) >= 11 is 0. The zero-order chi connectivity index (χ0) is 10.9. The second-order valence-corrected chi connectivity index (χ2v) is 5.31. The summed E-state index contributed by atoms with van der Waals surface area (Å²) in [5.41, 5.74) is 0. The standard InChI is InChI=1S/C8H11N3O3S/c1-6-10-8(11-14-6)4-9-7-2-3-15(12,13)5-7/h2-3,7,9H,4-5H2,1H3. The van der Waals surface area contributed by atoms with Crippen LogP contribution in [0.4, 0.5) is 0 Å². The van der Waals surface area contributed by atoms with Crippen LogP contribution in [0.1, 0.15) is 11.7 Å². The Labute approximate surface area is 87.3 Å². The van der Waals surface area contributed by atoms with Gasteiger partial charge < -0.3 is 9.84 Å². The molecule has 0 aliphatic carbocycles. The van der Waals surface area contributed by atoms with Crippen molar-refractivity contribution in [2.45, 2.75) is 19.5 Å². The smallest absolute Gasteiger partial charge is 0.223 e. The molecule has 0 bridgehead atoms. The van der Waals surface area contributed by atoms with Gasteiger partial charge in [-0.25, -0.2) is 8.42 Å². The van der Waals surface area contributed by atoms with E-state index in [1.54, 1.807) is 13.0 Å². The predicted octanol–water partition coefficient (Wildman–Crippen LogP) is -0.222. The van der Waals surface area contributed by atoms with Gasteiger partial charge in [-0.3, -0.25) is 0 Å². The van der Waals surface area contributed by atoms with Gasteiger partial charge in [-0.05, 0) is 0 Å². The molecule has 1 unspecified atom stereocenters. The van der Waals surface area contributed by atoms with Crippen molar-refractivity contribution in [1.82, 2.24) is 15.5 Å². The molecule has 0 radical (unpaired) electrons. The minimum Gasteiger partial charge on any atom is -0.340 e. The fourth-order valence-corrected chi connectivity index (χ4v) is 2.61. The van der Waals surface area contributed by atoms with Gasteiger partial charge in [0, 0.05) is 18.4 Å². The number of aryl methyl sites for hydroxylation is 1. The van der Waals surface area contributed by atoms with Crippen molar-refractivity contribution < 1.29 is 12.9 Å². The van der Waals surface area contributed by atoms with E-state index in [2.05, 4.69) is 15.5 Å². The van der Waals surface area contributed by atoms with Crippen molar-refractivity contribution in [3.05, 3.63) is 23.2 Å². The summed E-state index contributed by atoms with van der Waals surface area (Å²) in [7, 11) is -3.00. The Kier molecular flexibility index (Phi) is 2.57. The fourth-order valence-electron chi connectivity index (χ4n) is 1.34. The van der Waals surface area contributed by atoms with Crippen LogP contribution >= 0.6 is 0 Å². The third-order valence-corrected chi connectivity index (χ3v) is 3.42. The Hall–Kier alpha value is -1.21. The highest BCUT2D eigenvalue weighted by Crippen LogP contribution is 2.08. The lowest BCUT2D eigenvalue weighted by atomic mass is 10.3. The van der Waals surface area contributed by atoms with Crippen molar-refractivity contribution in [2.24, 2.45) is 0 Å². The molecule has 2 rings (SSSR count). The highest BCUT2D eigenvalue weighted by Gasteiger charge is 2.21. The summed E-state index contributed by atoms with van der Waals surface area (Å²) in [6.45, 7) is 2.11. The van der Waals surface area contributed by atoms with Crippen LogP contribution in [0.15, 0.2) is 16.0 Å². The van der Waals surface area contributed by atoms with Gasteiger partial charge in [0.25, 0.3) is 0 Å². The molecule has 1 N–H and O–H groups in total. The Morgan fingerprint density at radius 1 is 1.67 bits per heavy atom. The summed E-state index contributed by atoms with van der Waals surface area (Å²) in [6.07, 6.45) is 1.63. The lowest BCUT2D eigenvalue weighted by Gasteiger charge is -2.06. The van der Waals surface area contributed by atoms with Crippen LogP contribution in [0, 0.1) is 6.92 Å². The van der Waals surface area contributed by atoms with Gasteiger partial charge in [0.1, 0.15) is 0 Å². The van der Waals surface area contributed by atoms with Crippen LogP contribution in [0.3, 0.4) is 0 Å². The number of nitrogens with one attached hydrogen (secondary N) is 1. The van der Waals surface area contributed by atoms with Crippen LogP contribution in [0.2, 0.25) is 0 Å². The van der Waals surface area contributed by atoms with Crippen molar-refractivity contribution in [3.8, 4) is 0 Å². The Morgan fingerprint density at radius 2 is 2.47 bits per heavy atom. The largest absolute Gasteiger partial charge is 0.340 e. The maximum atomic E-state index is 11.1. The highest BCUT2D eigenvalue weighted by atomic mass is 32.2. The number of nitrogens with zero attached hydrogens (tertiary/aromatic N) is 2. The molecule has 0 fully saturated rings. The summed E-state index contributed by atoms with van der Waals surface area (Å²) in [4.78, 5) is 3.99. The summed E-state index contributed by atoms with van der Waals surface area (Å²) in [5.74, 6) is 1.13. The summed E-state index contributed by atoms with van der Waals surface area (Å²) < 4.78 is 26.9. The van der Waals surface area contributed by atoms with Crippen LogP contribution in [-0.2, 0) is 16.4 Å². The first kappa shape index (κ1) is 10.3. The lowest BCUT2D eigenvalue weighted by molar-refractivity contribution is 0.385. The van der Waals surface area contributed by atoms with Gasteiger partial charge in [-0.15, -0.1) is 0 Å². The predicted molar refractivity (Wildman–Crippen MR) is 52.6 cm³/mol. The first-order valence-corrected chi connectivity index (χ1v) is 6.20. The number of hydrogen-bond acceptors (Lipinski definition) is 6. The van der Waals surface area contributed by atoms with Gasteiger partial charge in [-0.2, -0.15) is 4.98 Å². The van der Waals surface area contributed by atoms with E-state index in [0.717, 1.165) is 0 Å². The monoisotopic (exact) mass is 229 g/mol. The Bertz CT molecular complexity index is 477. The Morgan fingerprint density at radius 3 is 3.00 bits per heavy atom. The van der Waals surface area contributed by atoms with Crippen molar-refractivity contribution >= 4 is 9.84 Å². The van der Waals surface area contributed by atoms with Crippen molar-refractivity contribution in [2.75, 3.05) is 5.75 Å². The zero-order valence-corrected chi connectivity index (χ0v) is 8.99. The average molecular weight is 229 g/mol. The van der Waals surface area contributed by atoms with Crippen molar-refractivity contribution in [3.63, 3.8) is 0 Å². The quantitative estimate of drug-likeness (QED) is 0.771. The van der Waals surface area contributed by atoms with E-state index in [0.29, 0.717) is 18.3 Å². The molecule has 0 aromatic carbocycles. The average Bonchev–Trinajstić information content (AvgIpc) is 2.69. The topological polar surface area (TPSA) is 85.1 Å². The van der Waals surface area contributed by atoms with Crippen LogP contribution < -0.4 is 5.32 Å². The summed E-state index contributed by atoms with van der Waals surface area (Å²) in [5, 5.41) is 7.94. The van der Waals surface area contributed by atoms with Gasteiger partial charge >= 0.3 is 0 Å². The molecule has 1 aromatic rings. The van der Waals surface area contributed by atoms with Crippen LogP contribution in [-0.4, -0.2) is 30.4 Å². The molecular formula is C8H11N3O3S. The minimum atomic E-state index is -3.00. The number of hydrogen-bond donors (Lipinski definition) is 1. The van der Waals surface area contributed by atoms with Crippen LogP contribution in [0.5, 0.6) is 0 Å². The SMILES string of the molecule is Cc1nc(CNC2C=CS(=O)(=O)C2)no1. The normalized spacial score (nSPS) is 23.4. The Balaban J connectivity index is 1.88. The fraction of sp³-hybridized carbons (Fsp3) is 0.500. The molecule has 1 aromatic heterocycles. The molecule has 1 aliphatic rings. The zero-order valence-electron chi connectivity index (χ0n) is 8.17. The van der Waals surface area contributed by atoms with Gasteiger partial charge in [0.05, 0.1) is 12.3 Å². The first-order valence-electron chi connectivity index (χ1n) is 4.49. The van der Waals surface area contributed by atoms with Crippen LogP contribution in [0.25, 0.3) is 0 Å². The molecule has 82 valence electrons. The van der Waals surface area contributed by atoms with E-state index in [-0.39, 0.29) is 11.8 Å². The first-order chi connectivity index (χ1) is 7.05. The third kappa shape index (κ3) is 2.63. The number of sulfone groups is 1. The van der Waals surface area contributed by atoms with E-state index < -0.39 is 9.84 Å². The van der Waals surface area contributed by atoms with E-state index in [1.807, 2.05) is 0 Å². The molecule has 1 atom stereocenters. The molecule has 0 saturated heterocycles.